The van der Waals surface area contributed by atoms with Crippen LogP contribution in [0, 0.1) is 17.8 Å². The largest absolute Gasteiger partial charge is 0.368 e. The first-order valence-electron chi connectivity index (χ1n) is 8.89. The summed E-state index contributed by atoms with van der Waals surface area (Å²) >= 11 is 0. The highest BCUT2D eigenvalue weighted by molar-refractivity contribution is 5.85. The number of primary amides is 1. The Labute approximate surface area is 145 Å². The second-order valence-corrected chi connectivity index (χ2v) is 7.05. The molecule has 0 aliphatic heterocycles. The minimum atomic E-state index is -0.417. The molecule has 0 aromatic heterocycles. The summed E-state index contributed by atoms with van der Waals surface area (Å²) < 4.78 is 0. The van der Waals surface area contributed by atoms with Gasteiger partial charge in [-0.05, 0) is 37.6 Å². The second-order valence-electron chi connectivity index (χ2n) is 7.05. The minimum Gasteiger partial charge on any atom is -0.368 e. The summed E-state index contributed by atoms with van der Waals surface area (Å²) in [6.45, 7) is 1.28. The fourth-order valence-corrected chi connectivity index (χ4v) is 4.15. The predicted molar refractivity (Wildman–Crippen MR) is 94.1 cm³/mol. The Morgan fingerprint density at radius 1 is 1.00 bits per heavy atom. The van der Waals surface area contributed by atoms with Crippen LogP contribution in [0.25, 0.3) is 0 Å². The van der Waals surface area contributed by atoms with Crippen molar-refractivity contribution in [1.82, 2.24) is 4.90 Å². The fourth-order valence-electron chi connectivity index (χ4n) is 4.15. The quantitative estimate of drug-likeness (QED) is 0.740. The third-order valence-corrected chi connectivity index (χ3v) is 5.47. The van der Waals surface area contributed by atoms with Crippen LogP contribution in [0.5, 0.6) is 0 Å². The Balaban J connectivity index is 0.00000264. The number of carbonyl (C=O) groups excluding carboxylic acids is 2. The molecule has 2 fully saturated rings. The predicted octanol–water partition coefficient (Wildman–Crippen LogP) is 2.07. The van der Waals surface area contributed by atoms with Gasteiger partial charge in [0.15, 0.2) is 0 Å². The van der Waals surface area contributed by atoms with E-state index in [0.717, 1.165) is 25.7 Å². The smallest absolute Gasteiger partial charge is 0.237 e. The number of nitrogens with two attached hydrogens (primary N) is 2. The fraction of sp³-hybridized carbons (Fsp3) is 0.882. The molecule has 2 rings (SSSR count). The number of nitrogens with zero attached hydrogens (tertiary/aromatic N) is 1. The SMILES string of the molecule is Cl.NC[C@H]1CCC[C@H]1C(=O)N(CCC1CCCCC1)CC(N)=O. The highest BCUT2D eigenvalue weighted by Gasteiger charge is 2.35. The maximum absolute atomic E-state index is 12.8. The van der Waals surface area contributed by atoms with Crippen LogP contribution in [0.1, 0.15) is 57.8 Å². The Morgan fingerprint density at radius 2 is 1.70 bits per heavy atom. The van der Waals surface area contributed by atoms with Crippen molar-refractivity contribution in [2.75, 3.05) is 19.6 Å². The van der Waals surface area contributed by atoms with E-state index in [1.807, 2.05) is 0 Å². The van der Waals surface area contributed by atoms with Gasteiger partial charge in [0, 0.05) is 12.5 Å². The van der Waals surface area contributed by atoms with E-state index in [1.165, 1.54) is 32.1 Å². The van der Waals surface area contributed by atoms with E-state index in [9.17, 15) is 9.59 Å². The van der Waals surface area contributed by atoms with Gasteiger partial charge in [-0.15, -0.1) is 12.4 Å². The van der Waals surface area contributed by atoms with Crippen molar-refractivity contribution in [2.45, 2.75) is 57.8 Å². The van der Waals surface area contributed by atoms with Crippen LogP contribution in [-0.2, 0) is 9.59 Å². The molecule has 0 radical (unpaired) electrons. The van der Waals surface area contributed by atoms with E-state index in [4.69, 9.17) is 11.5 Å². The number of hydrogen-bond acceptors (Lipinski definition) is 3. The Bertz CT molecular complexity index is 386. The summed E-state index contributed by atoms with van der Waals surface area (Å²) in [5, 5.41) is 0. The molecule has 0 bridgehead atoms. The van der Waals surface area contributed by atoms with Gasteiger partial charge in [0.1, 0.15) is 0 Å². The number of amides is 2. The van der Waals surface area contributed by atoms with Gasteiger partial charge in [-0.1, -0.05) is 38.5 Å². The summed E-state index contributed by atoms with van der Waals surface area (Å²) in [6.07, 6.45) is 10.4. The van der Waals surface area contributed by atoms with Crippen molar-refractivity contribution in [3.8, 4) is 0 Å². The molecule has 23 heavy (non-hydrogen) atoms. The highest BCUT2D eigenvalue weighted by atomic mass is 35.5. The molecule has 2 saturated carbocycles. The van der Waals surface area contributed by atoms with E-state index < -0.39 is 5.91 Å². The number of halogens is 1. The van der Waals surface area contributed by atoms with Crippen LogP contribution in [0.15, 0.2) is 0 Å². The van der Waals surface area contributed by atoms with Crippen LogP contribution in [0.4, 0.5) is 0 Å². The molecule has 134 valence electrons. The zero-order chi connectivity index (χ0) is 15.9. The molecule has 0 heterocycles. The van der Waals surface area contributed by atoms with Crippen molar-refractivity contribution in [1.29, 1.82) is 0 Å². The summed E-state index contributed by atoms with van der Waals surface area (Å²) in [4.78, 5) is 25.8. The van der Waals surface area contributed by atoms with Crippen LogP contribution in [-0.4, -0.2) is 36.3 Å². The highest BCUT2D eigenvalue weighted by Crippen LogP contribution is 2.33. The lowest BCUT2D eigenvalue weighted by Gasteiger charge is -2.29. The second kappa shape index (κ2) is 10.1. The molecular formula is C17H32ClN3O2. The third kappa shape index (κ3) is 5.96. The van der Waals surface area contributed by atoms with E-state index in [0.29, 0.717) is 19.0 Å². The molecule has 2 amide bonds. The van der Waals surface area contributed by atoms with Crippen LogP contribution in [0.2, 0.25) is 0 Å². The van der Waals surface area contributed by atoms with Crippen LogP contribution in [0.3, 0.4) is 0 Å². The van der Waals surface area contributed by atoms with Gasteiger partial charge in [-0.3, -0.25) is 9.59 Å². The monoisotopic (exact) mass is 345 g/mol. The summed E-state index contributed by atoms with van der Waals surface area (Å²) in [5.74, 6) is 0.654. The average molecular weight is 346 g/mol. The number of hydrogen-bond donors (Lipinski definition) is 2. The van der Waals surface area contributed by atoms with Crippen molar-refractivity contribution < 1.29 is 9.59 Å². The molecule has 2 aliphatic carbocycles. The zero-order valence-corrected chi connectivity index (χ0v) is 14.9. The molecule has 5 nitrogen and oxygen atoms in total. The number of carbonyl (C=O) groups is 2. The maximum atomic E-state index is 12.8. The van der Waals surface area contributed by atoms with Gasteiger partial charge in [-0.25, -0.2) is 0 Å². The van der Waals surface area contributed by atoms with E-state index >= 15 is 0 Å². The van der Waals surface area contributed by atoms with Crippen molar-refractivity contribution in [3.05, 3.63) is 0 Å². The first-order chi connectivity index (χ1) is 10.6. The first-order valence-corrected chi connectivity index (χ1v) is 8.89. The van der Waals surface area contributed by atoms with E-state index in [1.54, 1.807) is 4.90 Å². The van der Waals surface area contributed by atoms with Gasteiger partial charge in [0.25, 0.3) is 0 Å². The molecule has 0 aromatic carbocycles. The molecular weight excluding hydrogens is 314 g/mol. The standard InChI is InChI=1S/C17H31N3O2.ClH/c18-11-14-7-4-8-15(14)17(22)20(12-16(19)21)10-9-13-5-2-1-3-6-13;/h13-15H,1-12,18H2,(H2,19,21);1H/t14-,15-;/m1./s1. The maximum Gasteiger partial charge on any atom is 0.237 e. The van der Waals surface area contributed by atoms with Gasteiger partial charge >= 0.3 is 0 Å². The van der Waals surface area contributed by atoms with Crippen LogP contribution < -0.4 is 11.5 Å². The minimum absolute atomic E-state index is 0. The van der Waals surface area contributed by atoms with Crippen molar-refractivity contribution >= 4 is 24.2 Å². The van der Waals surface area contributed by atoms with Gasteiger partial charge in [-0.2, -0.15) is 0 Å². The Hall–Kier alpha value is -0.810. The summed E-state index contributed by atoms with van der Waals surface area (Å²) in [7, 11) is 0. The van der Waals surface area contributed by atoms with Crippen LogP contribution >= 0.6 is 12.4 Å². The molecule has 2 atom stereocenters. The normalized spacial score (nSPS) is 24.9. The lowest BCUT2D eigenvalue weighted by atomic mass is 9.86. The Morgan fingerprint density at radius 3 is 2.30 bits per heavy atom. The topological polar surface area (TPSA) is 89.4 Å². The third-order valence-electron chi connectivity index (χ3n) is 5.47. The molecule has 6 heteroatoms. The zero-order valence-electron chi connectivity index (χ0n) is 14.0. The molecule has 0 unspecified atom stereocenters. The van der Waals surface area contributed by atoms with E-state index in [2.05, 4.69) is 0 Å². The van der Waals surface area contributed by atoms with Gasteiger partial charge in [0.2, 0.25) is 11.8 Å². The van der Waals surface area contributed by atoms with Gasteiger partial charge in [0.05, 0.1) is 6.54 Å². The van der Waals surface area contributed by atoms with Crippen molar-refractivity contribution in [3.63, 3.8) is 0 Å². The molecule has 2 aliphatic rings. The molecule has 0 saturated heterocycles. The lowest BCUT2D eigenvalue weighted by Crippen LogP contribution is -2.44. The molecule has 0 spiro atoms. The summed E-state index contributed by atoms with van der Waals surface area (Å²) in [5.41, 5.74) is 11.1. The lowest BCUT2D eigenvalue weighted by molar-refractivity contribution is -0.140. The summed E-state index contributed by atoms with van der Waals surface area (Å²) in [6, 6.07) is 0. The molecule has 4 N–H and O–H groups in total. The van der Waals surface area contributed by atoms with E-state index in [-0.39, 0.29) is 36.7 Å². The average Bonchev–Trinajstić information content (AvgIpc) is 3.00. The first kappa shape index (κ1) is 20.2. The van der Waals surface area contributed by atoms with Crippen molar-refractivity contribution in [2.24, 2.45) is 29.2 Å². The number of rotatable bonds is 7. The molecule has 0 aromatic rings. The van der Waals surface area contributed by atoms with Gasteiger partial charge < -0.3 is 16.4 Å². The Kier molecular flexibility index (Phi) is 8.92.